The Morgan fingerprint density at radius 1 is 1.27 bits per heavy atom. The smallest absolute Gasteiger partial charge is 0.378 e. The first-order valence-corrected chi connectivity index (χ1v) is 9.63. The molecular formula is C16H15F3N8O2S. The van der Waals surface area contributed by atoms with Crippen LogP contribution in [-0.4, -0.2) is 33.6 Å². The minimum atomic E-state index is -4.96. The van der Waals surface area contributed by atoms with E-state index in [2.05, 4.69) is 33.7 Å². The molecule has 1 unspecified atom stereocenters. The molecule has 0 saturated carbocycles. The van der Waals surface area contributed by atoms with E-state index in [1.165, 1.54) is 16.7 Å². The van der Waals surface area contributed by atoms with Crippen LogP contribution in [0.15, 0.2) is 32.8 Å². The molecule has 1 aromatic carbocycles. The van der Waals surface area contributed by atoms with Crippen molar-refractivity contribution in [3.8, 4) is 0 Å². The van der Waals surface area contributed by atoms with Crippen LogP contribution >= 0.6 is 0 Å². The first-order chi connectivity index (χ1) is 14.2. The molecular weight excluding hydrogens is 425 g/mol. The molecule has 0 spiro atoms. The van der Waals surface area contributed by atoms with Crippen LogP contribution in [0.5, 0.6) is 0 Å². The quantitative estimate of drug-likeness (QED) is 0.412. The van der Waals surface area contributed by atoms with Crippen LogP contribution < -0.4 is 4.90 Å². The largest absolute Gasteiger partial charge is 0.416 e. The molecule has 0 fully saturated rings. The zero-order valence-electron chi connectivity index (χ0n) is 16.0. The van der Waals surface area contributed by atoms with E-state index >= 15 is 0 Å². The number of azo groups is 1. The molecule has 10 nitrogen and oxygen atoms in total. The predicted octanol–water partition coefficient (Wildman–Crippen LogP) is 5.62. The minimum Gasteiger partial charge on any atom is -0.378 e. The summed E-state index contributed by atoms with van der Waals surface area (Å²) in [6, 6.07) is 4.14. The van der Waals surface area contributed by atoms with Crippen molar-refractivity contribution in [3.63, 3.8) is 0 Å². The second-order valence-corrected chi connectivity index (χ2v) is 7.42. The molecule has 0 bridgehead atoms. The van der Waals surface area contributed by atoms with Crippen LogP contribution in [-0.2, 0) is 20.9 Å². The molecule has 1 aromatic heterocycles. The summed E-state index contributed by atoms with van der Waals surface area (Å²) in [6.07, 6.45) is 0. The lowest BCUT2D eigenvalue weighted by molar-refractivity contribution is -0.000950. The van der Waals surface area contributed by atoms with Crippen LogP contribution in [0.2, 0.25) is 0 Å². The Bertz CT molecular complexity index is 1170. The van der Waals surface area contributed by atoms with Crippen molar-refractivity contribution >= 4 is 44.7 Å². The predicted molar refractivity (Wildman–Crippen MR) is 104 cm³/mol. The fourth-order valence-corrected chi connectivity index (χ4v) is 2.82. The molecule has 158 valence electrons. The number of halogens is 3. The maximum absolute atomic E-state index is 13.0. The summed E-state index contributed by atoms with van der Waals surface area (Å²) in [5.41, 5.74) is -0.0214. The van der Waals surface area contributed by atoms with Gasteiger partial charge in [-0.2, -0.15) is 13.1 Å². The topological polar surface area (TPSA) is 93.2 Å². The lowest BCUT2D eigenvalue weighted by atomic mass is 10.2. The van der Waals surface area contributed by atoms with E-state index in [4.69, 9.17) is 13.1 Å². The molecule has 0 radical (unpaired) electrons. The van der Waals surface area contributed by atoms with Gasteiger partial charge >= 0.3 is 11.7 Å². The molecule has 2 aromatic rings. The van der Waals surface area contributed by atoms with E-state index in [1.807, 2.05) is 0 Å². The maximum atomic E-state index is 13.0. The number of imidazole rings is 1. The van der Waals surface area contributed by atoms with Crippen LogP contribution in [0.4, 0.5) is 48.0 Å². The van der Waals surface area contributed by atoms with E-state index < -0.39 is 15.8 Å². The summed E-state index contributed by atoms with van der Waals surface area (Å²) in [5, 5.41) is 7.72. The summed E-state index contributed by atoms with van der Waals surface area (Å²) in [4.78, 5) is 11.9. The van der Waals surface area contributed by atoms with Crippen molar-refractivity contribution in [3.05, 3.63) is 41.0 Å². The van der Waals surface area contributed by atoms with E-state index in [-0.39, 0.29) is 35.5 Å². The average molecular weight is 440 g/mol. The molecule has 14 heteroatoms. The zero-order chi connectivity index (χ0) is 22.5. The fourth-order valence-electron chi connectivity index (χ4n) is 2.24. The highest BCUT2D eigenvalue weighted by Gasteiger charge is 2.26. The second-order valence-electron chi connectivity index (χ2n) is 5.72. The van der Waals surface area contributed by atoms with Gasteiger partial charge in [0.2, 0.25) is 0 Å². The number of rotatable bonds is 7. The van der Waals surface area contributed by atoms with Crippen molar-refractivity contribution in [1.82, 2.24) is 9.55 Å². The fraction of sp³-hybridized carbons (Fsp3) is 0.312. The van der Waals surface area contributed by atoms with Gasteiger partial charge in [-0.05, 0) is 29.6 Å². The number of hydrogen-bond acceptors (Lipinski definition) is 7. The summed E-state index contributed by atoms with van der Waals surface area (Å²) < 4.78 is 57.9. The maximum Gasteiger partial charge on any atom is 0.416 e. The van der Waals surface area contributed by atoms with Crippen LogP contribution in [0, 0.1) is 13.1 Å². The van der Waals surface area contributed by atoms with Gasteiger partial charge in [0, 0.05) is 19.8 Å². The van der Waals surface area contributed by atoms with Gasteiger partial charge in [0.1, 0.15) is 11.4 Å². The first-order valence-electron chi connectivity index (χ1n) is 8.13. The normalized spacial score (nSPS) is 13.1. The number of alkyl halides is 2. The molecule has 30 heavy (non-hydrogen) atoms. The lowest BCUT2D eigenvalue weighted by Crippen LogP contribution is -2.11. The van der Waals surface area contributed by atoms with Crippen molar-refractivity contribution < 1.29 is 21.9 Å². The van der Waals surface area contributed by atoms with Gasteiger partial charge in [-0.15, -0.1) is 5.11 Å². The molecule has 1 atom stereocenters. The Labute approximate surface area is 170 Å². The highest BCUT2D eigenvalue weighted by Crippen LogP contribution is 2.37. The molecule has 0 N–H and O–H groups in total. The molecule has 1 heterocycles. The number of nitrogens with zero attached hydrogens (tertiary/aromatic N) is 8. The Balaban J connectivity index is 2.66. The van der Waals surface area contributed by atoms with Gasteiger partial charge in [-0.25, -0.2) is 8.78 Å². The van der Waals surface area contributed by atoms with Crippen LogP contribution in [0.1, 0.15) is 6.92 Å². The van der Waals surface area contributed by atoms with Gasteiger partial charge in [0.25, 0.3) is 21.6 Å². The third-order valence-corrected chi connectivity index (χ3v) is 4.78. The van der Waals surface area contributed by atoms with Gasteiger partial charge in [-0.3, -0.25) is 0 Å². The molecule has 0 saturated heterocycles. The standard InChI is InChI=1S/C16H15F3N8O2S/c1-6-27-14(21-3)13(20-2)22-16(27)24-23-11-8-7-10(26(4)5)9-12(11)25-30(28,29-19)15(17)18/h7-9,15H,6H2,1,4-5H3. The van der Waals surface area contributed by atoms with Crippen LogP contribution in [0.25, 0.3) is 9.69 Å². The Kier molecular flexibility index (Phi) is 7.10. The monoisotopic (exact) mass is 440 g/mol. The summed E-state index contributed by atoms with van der Waals surface area (Å²) in [5.74, 6) is -3.98. The number of benzene rings is 1. The average Bonchev–Trinajstić information content (AvgIpc) is 3.08. The number of aromatic nitrogens is 2. The molecule has 0 amide bonds. The lowest BCUT2D eigenvalue weighted by Gasteiger charge is -2.13. The third-order valence-electron chi connectivity index (χ3n) is 3.69. The van der Waals surface area contributed by atoms with Crippen molar-refractivity contribution in [2.45, 2.75) is 19.2 Å². The third kappa shape index (κ3) is 4.56. The van der Waals surface area contributed by atoms with E-state index in [0.29, 0.717) is 5.69 Å². The zero-order valence-corrected chi connectivity index (χ0v) is 16.8. The Morgan fingerprint density at radius 3 is 2.47 bits per heavy atom. The van der Waals surface area contributed by atoms with Crippen molar-refractivity contribution in [2.24, 2.45) is 14.6 Å². The molecule has 0 aliphatic carbocycles. The minimum absolute atomic E-state index is 0.0270. The Morgan fingerprint density at radius 2 is 1.97 bits per heavy atom. The molecule has 0 aliphatic rings. The highest BCUT2D eigenvalue weighted by molar-refractivity contribution is 7.89. The highest BCUT2D eigenvalue weighted by atomic mass is 32.2. The summed E-state index contributed by atoms with van der Waals surface area (Å²) in [6.45, 7) is 16.2. The SMILES string of the molecule is [C-]#[N+]c1nc(N=Nc2ccc(N(C)C)cc2N=S(=O)(OF)C(F)F)n(CC)c1[N+]#[C-]. The molecule has 0 aliphatic heterocycles. The van der Waals surface area contributed by atoms with Crippen molar-refractivity contribution in [1.29, 1.82) is 0 Å². The Hall–Kier alpha value is -3.49. The number of hydrogen-bond donors (Lipinski definition) is 0. The molecule has 2 rings (SSSR count). The summed E-state index contributed by atoms with van der Waals surface area (Å²) in [7, 11) is -1.65. The van der Waals surface area contributed by atoms with Crippen LogP contribution in [0.3, 0.4) is 0 Å². The van der Waals surface area contributed by atoms with Crippen molar-refractivity contribution in [2.75, 3.05) is 19.0 Å². The van der Waals surface area contributed by atoms with E-state index in [0.717, 1.165) is 0 Å². The first kappa shape index (κ1) is 22.8. The van der Waals surface area contributed by atoms with Gasteiger partial charge in [0.15, 0.2) is 0 Å². The van der Waals surface area contributed by atoms with E-state index in [9.17, 15) is 17.5 Å². The summed E-state index contributed by atoms with van der Waals surface area (Å²) >= 11 is 0. The second kappa shape index (κ2) is 9.34. The van der Waals surface area contributed by atoms with Gasteiger partial charge in [0.05, 0.1) is 6.54 Å². The van der Waals surface area contributed by atoms with Gasteiger partial charge < -0.3 is 14.6 Å². The number of anilines is 1. The van der Waals surface area contributed by atoms with Gasteiger partial charge in [-0.1, -0.05) is 27.6 Å². The van der Waals surface area contributed by atoms with E-state index in [1.54, 1.807) is 32.0 Å².